The van der Waals surface area contributed by atoms with Gasteiger partial charge in [0, 0.05) is 18.6 Å². The van der Waals surface area contributed by atoms with Gasteiger partial charge in [-0.3, -0.25) is 0 Å². The topological polar surface area (TPSA) is 58.9 Å². The quantitative estimate of drug-likeness (QED) is 0.773. The number of nitrogens with zero attached hydrogens (tertiary/aromatic N) is 3. The van der Waals surface area contributed by atoms with Crippen molar-refractivity contribution in [2.45, 2.75) is 6.10 Å². The molecule has 0 bridgehead atoms. The summed E-state index contributed by atoms with van der Waals surface area (Å²) in [7, 11) is 0. The normalized spacial score (nSPS) is 12.7. The Hall–Kier alpha value is -1.33. The van der Waals surface area contributed by atoms with Crippen molar-refractivity contribution in [1.82, 2.24) is 14.3 Å². The summed E-state index contributed by atoms with van der Waals surface area (Å²) < 4.78 is 3.89. The fourth-order valence-electron chi connectivity index (χ4n) is 0.946. The molecule has 13 heavy (non-hydrogen) atoms. The van der Waals surface area contributed by atoms with Gasteiger partial charge < -0.3 is 5.11 Å². The first-order valence-corrected chi connectivity index (χ1v) is 4.51. The van der Waals surface area contributed by atoms with E-state index in [0.717, 1.165) is 4.88 Å². The number of hydrogen-bond donors (Lipinski definition) is 1. The van der Waals surface area contributed by atoms with Crippen molar-refractivity contribution in [2.75, 3.05) is 0 Å². The molecule has 0 aromatic carbocycles. The van der Waals surface area contributed by atoms with Crippen LogP contribution in [0.1, 0.15) is 16.8 Å². The lowest BCUT2D eigenvalue weighted by Crippen LogP contribution is -2.02. The second kappa shape index (κ2) is 3.59. The number of aliphatic hydroxyl groups excluding tert-OH is 1. The third-order valence-electron chi connectivity index (χ3n) is 1.56. The highest BCUT2D eigenvalue weighted by molar-refractivity contribution is 7.05. The van der Waals surface area contributed by atoms with Crippen molar-refractivity contribution in [3.63, 3.8) is 0 Å². The van der Waals surface area contributed by atoms with Gasteiger partial charge in [0.05, 0.1) is 4.88 Å². The molecule has 1 unspecified atom stereocenters. The maximum atomic E-state index is 9.73. The first-order chi connectivity index (χ1) is 6.38. The summed E-state index contributed by atoms with van der Waals surface area (Å²) in [6.07, 6.45) is 4.10. The molecule has 0 radical (unpaired) electrons. The Bertz CT molecular complexity index is 362. The van der Waals surface area contributed by atoms with E-state index in [2.05, 4.69) is 14.3 Å². The Balaban J connectivity index is 2.29. The molecule has 2 aromatic heterocycles. The average Bonchev–Trinajstić information content (AvgIpc) is 2.71. The van der Waals surface area contributed by atoms with Gasteiger partial charge in [-0.1, -0.05) is 0 Å². The van der Waals surface area contributed by atoms with Crippen LogP contribution in [0.25, 0.3) is 0 Å². The lowest BCUT2D eigenvalue weighted by atomic mass is 10.3. The molecule has 2 aromatic rings. The third-order valence-corrected chi connectivity index (χ3v) is 2.35. The predicted molar refractivity (Wildman–Crippen MR) is 48.2 cm³/mol. The number of aromatic nitrogens is 3. The molecule has 0 aliphatic heterocycles. The van der Waals surface area contributed by atoms with Crippen molar-refractivity contribution >= 4 is 11.5 Å². The second-order valence-corrected chi connectivity index (χ2v) is 3.29. The highest BCUT2D eigenvalue weighted by Gasteiger charge is 2.13. The van der Waals surface area contributed by atoms with Crippen molar-refractivity contribution in [3.8, 4) is 0 Å². The Morgan fingerprint density at radius 2 is 2.00 bits per heavy atom. The van der Waals surface area contributed by atoms with E-state index >= 15 is 0 Å². The van der Waals surface area contributed by atoms with Crippen LogP contribution in [0.15, 0.2) is 30.7 Å². The van der Waals surface area contributed by atoms with E-state index in [1.807, 2.05) is 0 Å². The van der Waals surface area contributed by atoms with Crippen LogP contribution in [0.5, 0.6) is 0 Å². The molecule has 0 amide bonds. The van der Waals surface area contributed by atoms with Gasteiger partial charge in [0.1, 0.15) is 6.10 Å². The lowest BCUT2D eigenvalue weighted by molar-refractivity contribution is 0.213. The summed E-state index contributed by atoms with van der Waals surface area (Å²) in [4.78, 5) is 8.66. The molecule has 0 saturated carbocycles. The number of rotatable bonds is 2. The highest BCUT2D eigenvalue weighted by Crippen LogP contribution is 2.20. The van der Waals surface area contributed by atoms with E-state index < -0.39 is 6.10 Å². The number of hydrogen-bond acceptors (Lipinski definition) is 5. The Morgan fingerprint density at radius 1 is 1.23 bits per heavy atom. The van der Waals surface area contributed by atoms with Crippen LogP contribution in [0, 0.1) is 0 Å². The zero-order chi connectivity index (χ0) is 9.10. The molecule has 2 heterocycles. The molecule has 2 rings (SSSR count). The van der Waals surface area contributed by atoms with Gasteiger partial charge in [-0.05, 0) is 23.7 Å². The van der Waals surface area contributed by atoms with E-state index in [9.17, 15) is 5.11 Å². The Morgan fingerprint density at radius 3 is 2.62 bits per heavy atom. The third kappa shape index (κ3) is 1.71. The second-order valence-electron chi connectivity index (χ2n) is 2.42. The van der Waals surface area contributed by atoms with Crippen LogP contribution in [0.2, 0.25) is 0 Å². The Kier molecular flexibility index (Phi) is 2.29. The summed E-state index contributed by atoms with van der Waals surface area (Å²) in [6, 6.07) is 3.47. The predicted octanol–water partition coefficient (Wildman–Crippen LogP) is 1.01. The molecule has 5 heteroatoms. The highest BCUT2D eigenvalue weighted by atomic mass is 32.1. The van der Waals surface area contributed by atoms with Crippen LogP contribution in [-0.2, 0) is 0 Å². The minimum absolute atomic E-state index is 0.409. The first kappa shape index (κ1) is 8.28. The van der Waals surface area contributed by atoms with E-state index in [1.165, 1.54) is 11.5 Å². The molecule has 66 valence electrons. The molecule has 1 atom stereocenters. The lowest BCUT2D eigenvalue weighted by Gasteiger charge is -2.04. The minimum atomic E-state index is -0.756. The van der Waals surface area contributed by atoms with Crippen LogP contribution in [0.3, 0.4) is 0 Å². The summed E-state index contributed by atoms with van der Waals surface area (Å²) >= 11 is 1.25. The maximum Gasteiger partial charge on any atom is 0.162 e. The minimum Gasteiger partial charge on any atom is -0.379 e. The van der Waals surface area contributed by atoms with E-state index in [1.54, 1.807) is 30.7 Å². The van der Waals surface area contributed by atoms with Gasteiger partial charge in [0.15, 0.2) is 5.82 Å². The van der Waals surface area contributed by atoms with E-state index in [0.29, 0.717) is 5.82 Å². The fourth-order valence-corrected chi connectivity index (χ4v) is 1.52. The van der Waals surface area contributed by atoms with Gasteiger partial charge in [-0.25, -0.2) is 14.3 Å². The molecule has 4 nitrogen and oxygen atoms in total. The smallest absolute Gasteiger partial charge is 0.162 e. The summed E-state index contributed by atoms with van der Waals surface area (Å²) in [5.74, 6) is 0.409. The largest absolute Gasteiger partial charge is 0.379 e. The monoisotopic (exact) mass is 193 g/mol. The van der Waals surface area contributed by atoms with Crippen LogP contribution >= 0.6 is 11.5 Å². The van der Waals surface area contributed by atoms with Gasteiger partial charge in [-0.2, -0.15) is 0 Å². The standard InChI is InChI=1S/C8H7N3OS/c12-7(6-2-5-11-13-6)8-9-3-1-4-10-8/h1-5,7,12H. The Labute approximate surface area is 79.1 Å². The maximum absolute atomic E-state index is 9.73. The van der Waals surface area contributed by atoms with Crippen molar-refractivity contribution in [2.24, 2.45) is 0 Å². The van der Waals surface area contributed by atoms with Crippen molar-refractivity contribution < 1.29 is 5.11 Å². The van der Waals surface area contributed by atoms with Gasteiger partial charge in [0.25, 0.3) is 0 Å². The van der Waals surface area contributed by atoms with Crippen molar-refractivity contribution in [1.29, 1.82) is 0 Å². The SMILES string of the molecule is OC(c1ncccn1)c1ccns1. The van der Waals surface area contributed by atoms with Crippen LogP contribution < -0.4 is 0 Å². The van der Waals surface area contributed by atoms with Crippen molar-refractivity contribution in [3.05, 3.63) is 41.4 Å². The molecular weight excluding hydrogens is 186 g/mol. The molecule has 1 N–H and O–H groups in total. The van der Waals surface area contributed by atoms with E-state index in [-0.39, 0.29) is 0 Å². The summed E-state index contributed by atoms with van der Waals surface area (Å²) in [5, 5.41) is 9.73. The average molecular weight is 193 g/mol. The zero-order valence-electron chi connectivity index (χ0n) is 6.66. The zero-order valence-corrected chi connectivity index (χ0v) is 7.48. The molecule has 0 fully saturated rings. The molecule has 0 aliphatic rings. The van der Waals surface area contributed by atoms with E-state index in [4.69, 9.17) is 0 Å². The molecule has 0 spiro atoms. The molecule has 0 saturated heterocycles. The van der Waals surface area contributed by atoms with Gasteiger partial charge in [0.2, 0.25) is 0 Å². The van der Waals surface area contributed by atoms with Gasteiger partial charge in [-0.15, -0.1) is 0 Å². The fraction of sp³-hybridized carbons (Fsp3) is 0.125. The van der Waals surface area contributed by atoms with Crippen LogP contribution in [-0.4, -0.2) is 19.4 Å². The molecular formula is C8H7N3OS. The number of aliphatic hydroxyl groups is 1. The molecule has 0 aliphatic carbocycles. The first-order valence-electron chi connectivity index (χ1n) is 3.73. The summed E-state index contributed by atoms with van der Waals surface area (Å²) in [6.45, 7) is 0. The summed E-state index contributed by atoms with van der Waals surface area (Å²) in [5.41, 5.74) is 0. The van der Waals surface area contributed by atoms with Crippen LogP contribution in [0.4, 0.5) is 0 Å². The van der Waals surface area contributed by atoms with Gasteiger partial charge >= 0.3 is 0 Å².